The molecule has 2 aromatic rings. The van der Waals surface area contributed by atoms with Crippen LogP contribution in [0.2, 0.25) is 0 Å². The highest BCUT2D eigenvalue weighted by atomic mass is 16.5. The Hall–Kier alpha value is -3.44. The van der Waals surface area contributed by atoms with Crippen LogP contribution in [0.25, 0.3) is 6.08 Å². The first-order chi connectivity index (χ1) is 14.4. The molecule has 0 aliphatic carbocycles. The minimum absolute atomic E-state index is 0.366. The quantitative estimate of drug-likeness (QED) is 0.318. The van der Waals surface area contributed by atoms with Gasteiger partial charge in [0, 0.05) is 24.3 Å². The van der Waals surface area contributed by atoms with E-state index in [0.29, 0.717) is 12.2 Å². The monoisotopic (exact) mass is 407 g/mol. The molecule has 0 unspecified atom stereocenters. The second-order valence-electron chi connectivity index (χ2n) is 6.64. The zero-order chi connectivity index (χ0) is 21.9. The molecule has 2 amide bonds. The molecule has 156 valence electrons. The maximum atomic E-state index is 12.3. The summed E-state index contributed by atoms with van der Waals surface area (Å²) >= 11 is 0. The van der Waals surface area contributed by atoms with Gasteiger partial charge in [0.05, 0.1) is 6.61 Å². The Balaban J connectivity index is 1.97. The molecule has 2 rings (SSSR count). The number of ether oxygens (including phenoxy) is 1. The number of amides is 2. The van der Waals surface area contributed by atoms with Crippen LogP contribution in [0.5, 0.6) is 0 Å². The van der Waals surface area contributed by atoms with Crippen molar-refractivity contribution in [1.82, 2.24) is 10.8 Å². The molecule has 0 saturated carbocycles. The third kappa shape index (κ3) is 6.87. The van der Waals surface area contributed by atoms with E-state index in [9.17, 15) is 9.59 Å². The van der Waals surface area contributed by atoms with E-state index in [1.165, 1.54) is 5.48 Å². The molecule has 0 spiro atoms. The van der Waals surface area contributed by atoms with Crippen LogP contribution in [0.3, 0.4) is 0 Å². The SMILES string of the molecule is COCc1ccc(C#CC=Cc2ccc(C(=O)N[C@H](C(=O)NO)[C@@H](C)N)cc2)cc1. The van der Waals surface area contributed by atoms with E-state index in [2.05, 4.69) is 17.2 Å². The normalized spacial score (nSPS) is 12.5. The van der Waals surface area contributed by atoms with Crippen molar-refractivity contribution in [3.05, 3.63) is 76.9 Å². The van der Waals surface area contributed by atoms with E-state index < -0.39 is 23.9 Å². The molecule has 7 nitrogen and oxygen atoms in total. The second kappa shape index (κ2) is 11.5. The zero-order valence-corrected chi connectivity index (χ0v) is 16.9. The molecule has 0 fully saturated rings. The molecule has 0 aromatic heterocycles. The maximum Gasteiger partial charge on any atom is 0.267 e. The Morgan fingerprint density at radius 2 is 1.83 bits per heavy atom. The van der Waals surface area contributed by atoms with Gasteiger partial charge < -0.3 is 15.8 Å². The second-order valence-corrected chi connectivity index (χ2v) is 6.64. The Kier molecular flexibility index (Phi) is 8.78. The van der Waals surface area contributed by atoms with Crippen LogP contribution in [0.1, 0.15) is 34.0 Å². The lowest BCUT2D eigenvalue weighted by molar-refractivity contribution is -0.131. The van der Waals surface area contributed by atoms with Crippen molar-refractivity contribution in [1.29, 1.82) is 0 Å². The number of allylic oxidation sites excluding steroid dienone is 1. The Morgan fingerprint density at radius 3 is 2.40 bits per heavy atom. The van der Waals surface area contributed by atoms with Crippen LogP contribution in [0.4, 0.5) is 0 Å². The van der Waals surface area contributed by atoms with Crippen molar-refractivity contribution in [3.63, 3.8) is 0 Å². The van der Waals surface area contributed by atoms with Gasteiger partial charge in [0.25, 0.3) is 11.8 Å². The number of carbonyl (C=O) groups excluding carboxylic acids is 2. The first-order valence-electron chi connectivity index (χ1n) is 9.31. The van der Waals surface area contributed by atoms with Crippen molar-refractivity contribution in [2.75, 3.05) is 7.11 Å². The number of carbonyl (C=O) groups is 2. The highest BCUT2D eigenvalue weighted by Gasteiger charge is 2.24. The van der Waals surface area contributed by atoms with E-state index in [1.807, 2.05) is 30.3 Å². The standard InChI is InChI=1S/C23H25N3O4/c1-16(24)21(23(28)26-29)25-22(27)20-13-11-18(12-14-20)6-4-3-5-17-7-9-19(10-8-17)15-30-2/h4,6-14,16,21,29H,15,24H2,1-2H3,(H,25,27)(H,26,28)/t16-,21+/m1/s1. The summed E-state index contributed by atoms with van der Waals surface area (Å²) in [7, 11) is 1.66. The summed E-state index contributed by atoms with van der Waals surface area (Å²) in [6.07, 6.45) is 3.56. The van der Waals surface area contributed by atoms with Crippen molar-refractivity contribution >= 4 is 17.9 Å². The van der Waals surface area contributed by atoms with Gasteiger partial charge in [0.1, 0.15) is 6.04 Å². The summed E-state index contributed by atoms with van der Waals surface area (Å²) in [5.41, 5.74) is 10.4. The minimum Gasteiger partial charge on any atom is -0.380 e. The predicted octanol–water partition coefficient (Wildman–Crippen LogP) is 1.85. The number of nitrogens with one attached hydrogen (secondary N) is 2. The number of hydrogen-bond acceptors (Lipinski definition) is 5. The summed E-state index contributed by atoms with van der Waals surface area (Å²) in [5.74, 6) is 4.79. The first-order valence-corrected chi connectivity index (χ1v) is 9.31. The van der Waals surface area contributed by atoms with Crippen LogP contribution < -0.4 is 16.5 Å². The van der Waals surface area contributed by atoms with Gasteiger partial charge in [-0.1, -0.05) is 36.1 Å². The lowest BCUT2D eigenvalue weighted by Crippen LogP contribution is -2.54. The molecule has 0 bridgehead atoms. The van der Waals surface area contributed by atoms with Gasteiger partial charge in [0.15, 0.2) is 0 Å². The molecular formula is C23H25N3O4. The molecule has 30 heavy (non-hydrogen) atoms. The molecule has 0 radical (unpaired) electrons. The Bertz CT molecular complexity index is 939. The van der Waals surface area contributed by atoms with Crippen molar-refractivity contribution in [2.45, 2.75) is 25.6 Å². The zero-order valence-electron chi connectivity index (χ0n) is 16.9. The van der Waals surface area contributed by atoms with E-state index in [0.717, 1.165) is 16.7 Å². The van der Waals surface area contributed by atoms with Crippen LogP contribution >= 0.6 is 0 Å². The van der Waals surface area contributed by atoms with Crippen LogP contribution in [-0.2, 0) is 16.1 Å². The molecular weight excluding hydrogens is 382 g/mol. The Labute approximate surface area is 175 Å². The van der Waals surface area contributed by atoms with Crippen molar-refractivity contribution in [3.8, 4) is 11.8 Å². The average molecular weight is 407 g/mol. The summed E-state index contributed by atoms with van der Waals surface area (Å²) in [6, 6.07) is 12.9. The fourth-order valence-electron chi connectivity index (χ4n) is 2.59. The molecule has 0 heterocycles. The minimum atomic E-state index is -1.04. The lowest BCUT2D eigenvalue weighted by atomic mass is 10.1. The van der Waals surface area contributed by atoms with Crippen LogP contribution in [0, 0.1) is 11.8 Å². The van der Waals surface area contributed by atoms with Crippen molar-refractivity contribution in [2.24, 2.45) is 5.73 Å². The van der Waals surface area contributed by atoms with Crippen LogP contribution in [-0.4, -0.2) is 36.2 Å². The highest BCUT2D eigenvalue weighted by molar-refractivity contribution is 5.97. The van der Waals surface area contributed by atoms with E-state index >= 15 is 0 Å². The van der Waals surface area contributed by atoms with Crippen molar-refractivity contribution < 1.29 is 19.5 Å². The maximum absolute atomic E-state index is 12.3. The molecule has 2 atom stereocenters. The van der Waals surface area contributed by atoms with Gasteiger partial charge in [-0.05, 0) is 54.5 Å². The molecule has 0 aliphatic rings. The van der Waals surface area contributed by atoms with E-state index in [4.69, 9.17) is 15.7 Å². The smallest absolute Gasteiger partial charge is 0.267 e. The number of benzene rings is 2. The molecule has 0 saturated heterocycles. The number of methoxy groups -OCH3 is 1. The molecule has 7 heteroatoms. The summed E-state index contributed by atoms with van der Waals surface area (Å²) in [4.78, 5) is 23.9. The summed E-state index contributed by atoms with van der Waals surface area (Å²) in [6.45, 7) is 2.13. The Morgan fingerprint density at radius 1 is 1.17 bits per heavy atom. The van der Waals surface area contributed by atoms with Gasteiger partial charge in [-0.15, -0.1) is 0 Å². The fourth-order valence-corrected chi connectivity index (χ4v) is 2.59. The third-order valence-electron chi connectivity index (χ3n) is 4.22. The topological polar surface area (TPSA) is 114 Å². The number of hydrogen-bond donors (Lipinski definition) is 4. The fraction of sp³-hybridized carbons (Fsp3) is 0.217. The van der Waals surface area contributed by atoms with E-state index in [-0.39, 0.29) is 0 Å². The van der Waals surface area contributed by atoms with Gasteiger partial charge in [0.2, 0.25) is 0 Å². The van der Waals surface area contributed by atoms with Gasteiger partial charge in [-0.25, -0.2) is 5.48 Å². The van der Waals surface area contributed by atoms with E-state index in [1.54, 1.807) is 44.4 Å². The highest BCUT2D eigenvalue weighted by Crippen LogP contribution is 2.08. The number of hydroxylamine groups is 1. The summed E-state index contributed by atoms with van der Waals surface area (Å²) in [5, 5.41) is 11.3. The molecule has 5 N–H and O–H groups in total. The predicted molar refractivity (Wildman–Crippen MR) is 114 cm³/mol. The molecule has 0 aliphatic heterocycles. The van der Waals surface area contributed by atoms with Crippen LogP contribution in [0.15, 0.2) is 54.6 Å². The van der Waals surface area contributed by atoms with Gasteiger partial charge in [-0.3, -0.25) is 14.8 Å². The first kappa shape index (κ1) is 22.8. The average Bonchev–Trinajstić information content (AvgIpc) is 2.76. The molecule has 2 aromatic carbocycles. The largest absolute Gasteiger partial charge is 0.380 e. The summed E-state index contributed by atoms with van der Waals surface area (Å²) < 4.78 is 5.08. The lowest BCUT2D eigenvalue weighted by Gasteiger charge is -2.20. The van der Waals surface area contributed by atoms with Gasteiger partial charge in [-0.2, -0.15) is 0 Å². The van der Waals surface area contributed by atoms with Gasteiger partial charge >= 0.3 is 0 Å². The third-order valence-corrected chi connectivity index (χ3v) is 4.22. The number of rotatable bonds is 7. The number of nitrogens with two attached hydrogens (primary N) is 1.